The van der Waals surface area contributed by atoms with Crippen molar-refractivity contribution in [2.45, 2.75) is 42.7 Å². The zero-order valence-corrected chi connectivity index (χ0v) is 19.9. The van der Waals surface area contributed by atoms with Gasteiger partial charge in [0.25, 0.3) is 0 Å². The largest absolute Gasteiger partial charge is 0.323 e. The Balaban J connectivity index is 1.28. The van der Waals surface area contributed by atoms with E-state index in [4.69, 9.17) is 0 Å². The van der Waals surface area contributed by atoms with Gasteiger partial charge in [0.1, 0.15) is 6.29 Å². The van der Waals surface area contributed by atoms with Gasteiger partial charge in [-0.3, -0.25) is 0 Å². The molecule has 0 bridgehead atoms. The molecule has 3 aromatic rings. The van der Waals surface area contributed by atoms with Crippen molar-refractivity contribution in [3.05, 3.63) is 78.9 Å². The van der Waals surface area contributed by atoms with Crippen molar-refractivity contribution >= 4 is 33.7 Å². The fraction of sp³-hybridized carbons (Fsp3) is 0.259. The minimum absolute atomic E-state index is 0.0750. The molecular weight excluding hydrogens is 462 g/mol. The van der Waals surface area contributed by atoms with E-state index >= 15 is 0 Å². The molecule has 3 aromatic carbocycles. The Morgan fingerprint density at radius 2 is 1.43 bits per heavy atom. The SMILES string of the molecule is O=CC1C[C@H]2CCC[C@H]2N1S(=O)(=O)c1ccc(-c2ccc(NC(=O)Nc3ccccc3)cc2)cc1. The van der Waals surface area contributed by atoms with E-state index in [2.05, 4.69) is 10.6 Å². The predicted octanol–water partition coefficient (Wildman–Crippen LogP) is 5.13. The van der Waals surface area contributed by atoms with E-state index in [0.29, 0.717) is 17.8 Å². The molecule has 35 heavy (non-hydrogen) atoms. The first-order chi connectivity index (χ1) is 17.0. The maximum Gasteiger partial charge on any atom is 0.323 e. The van der Waals surface area contributed by atoms with E-state index < -0.39 is 16.1 Å². The predicted molar refractivity (Wildman–Crippen MR) is 136 cm³/mol. The Morgan fingerprint density at radius 1 is 0.829 bits per heavy atom. The highest BCUT2D eigenvalue weighted by Gasteiger charge is 2.49. The second-order valence-corrected chi connectivity index (χ2v) is 10.9. The molecule has 8 heteroatoms. The quantitative estimate of drug-likeness (QED) is 0.469. The Hall–Kier alpha value is -3.49. The lowest BCUT2D eigenvalue weighted by Crippen LogP contribution is -2.41. The number of anilines is 2. The summed E-state index contributed by atoms with van der Waals surface area (Å²) in [5.41, 5.74) is 3.09. The standard InChI is InChI=1S/C27H27N3O4S/c31-18-24-17-21-5-4-8-26(21)30(24)35(33,34)25-15-11-20(12-16-25)19-9-13-23(14-10-19)29-27(32)28-22-6-2-1-3-7-22/h1-3,6-7,9-16,18,21,24,26H,4-5,8,17H2,(H2,28,29,32)/t21-,24?,26-/m1/s1. The Labute approximate surface area is 205 Å². The van der Waals surface area contributed by atoms with Crippen LogP contribution in [0.15, 0.2) is 83.8 Å². The minimum atomic E-state index is -3.75. The number of sulfonamides is 1. The molecule has 5 rings (SSSR count). The van der Waals surface area contributed by atoms with E-state index in [1.165, 1.54) is 4.31 Å². The Kier molecular flexibility index (Phi) is 6.40. The second-order valence-electron chi connectivity index (χ2n) is 9.08. The first-order valence-corrected chi connectivity index (χ1v) is 13.2. The number of benzene rings is 3. The van der Waals surface area contributed by atoms with Crippen LogP contribution < -0.4 is 10.6 Å². The van der Waals surface area contributed by atoms with E-state index in [9.17, 15) is 18.0 Å². The number of rotatable bonds is 6. The average Bonchev–Trinajstić information content (AvgIpc) is 3.46. The number of amides is 2. The van der Waals surface area contributed by atoms with Crippen molar-refractivity contribution in [1.29, 1.82) is 0 Å². The van der Waals surface area contributed by atoms with Gasteiger partial charge in [-0.2, -0.15) is 4.31 Å². The number of aldehydes is 1. The van der Waals surface area contributed by atoms with Crippen molar-refractivity contribution in [2.24, 2.45) is 5.92 Å². The topological polar surface area (TPSA) is 95.6 Å². The van der Waals surface area contributed by atoms with Gasteiger partial charge in [0.2, 0.25) is 10.0 Å². The van der Waals surface area contributed by atoms with Crippen LogP contribution in [0.4, 0.5) is 16.2 Å². The molecule has 180 valence electrons. The van der Waals surface area contributed by atoms with Crippen LogP contribution in [0, 0.1) is 5.92 Å². The summed E-state index contributed by atoms with van der Waals surface area (Å²) in [5.74, 6) is 0.279. The number of carbonyl (C=O) groups excluding carboxylic acids is 2. The molecule has 2 aliphatic rings. The van der Waals surface area contributed by atoms with Gasteiger partial charge in [-0.1, -0.05) is 48.9 Å². The summed E-state index contributed by atoms with van der Waals surface area (Å²) in [6, 6.07) is 22.3. The highest BCUT2D eigenvalue weighted by Crippen LogP contribution is 2.43. The van der Waals surface area contributed by atoms with Gasteiger partial charge in [-0.25, -0.2) is 13.2 Å². The van der Waals surface area contributed by atoms with Crippen LogP contribution in [0.5, 0.6) is 0 Å². The number of nitrogens with zero attached hydrogens (tertiary/aromatic N) is 1. The number of nitrogens with one attached hydrogen (secondary N) is 2. The highest BCUT2D eigenvalue weighted by molar-refractivity contribution is 7.89. The molecule has 1 aliphatic carbocycles. The minimum Gasteiger partial charge on any atom is -0.308 e. The molecule has 3 atom stereocenters. The van der Waals surface area contributed by atoms with Crippen LogP contribution in [0.2, 0.25) is 0 Å². The van der Waals surface area contributed by atoms with Crippen molar-refractivity contribution in [1.82, 2.24) is 4.31 Å². The second kappa shape index (κ2) is 9.64. The molecule has 0 aromatic heterocycles. The van der Waals surface area contributed by atoms with Gasteiger partial charge in [0, 0.05) is 17.4 Å². The molecule has 2 N–H and O–H groups in total. The third-order valence-electron chi connectivity index (χ3n) is 6.91. The van der Waals surface area contributed by atoms with Crippen molar-refractivity contribution in [3.8, 4) is 11.1 Å². The van der Waals surface area contributed by atoms with Crippen LogP contribution in [0.1, 0.15) is 25.7 Å². The number of para-hydroxylation sites is 1. The molecule has 0 spiro atoms. The van der Waals surface area contributed by atoms with Gasteiger partial charge >= 0.3 is 6.03 Å². The van der Waals surface area contributed by atoms with E-state index in [1.807, 2.05) is 42.5 Å². The maximum atomic E-state index is 13.4. The smallest absolute Gasteiger partial charge is 0.308 e. The van der Waals surface area contributed by atoms with Crippen LogP contribution in [-0.2, 0) is 14.8 Å². The number of fused-ring (bicyclic) bond motifs is 1. The van der Waals surface area contributed by atoms with Crippen LogP contribution in [0.25, 0.3) is 11.1 Å². The number of hydrogen-bond acceptors (Lipinski definition) is 4. The highest BCUT2D eigenvalue weighted by atomic mass is 32.2. The van der Waals surface area contributed by atoms with Gasteiger partial charge in [-0.15, -0.1) is 0 Å². The number of hydrogen-bond donors (Lipinski definition) is 2. The van der Waals surface area contributed by atoms with Crippen LogP contribution in [-0.4, -0.2) is 37.1 Å². The van der Waals surface area contributed by atoms with Crippen LogP contribution >= 0.6 is 0 Å². The molecule has 2 fully saturated rings. The lowest BCUT2D eigenvalue weighted by atomic mass is 10.0. The van der Waals surface area contributed by atoms with Crippen molar-refractivity contribution < 1.29 is 18.0 Å². The molecular formula is C27H27N3O4S. The first-order valence-electron chi connectivity index (χ1n) is 11.8. The Morgan fingerprint density at radius 3 is 2.06 bits per heavy atom. The molecule has 1 saturated carbocycles. The summed E-state index contributed by atoms with van der Waals surface area (Å²) in [6.45, 7) is 0. The molecule has 1 unspecified atom stereocenters. The fourth-order valence-electron chi connectivity index (χ4n) is 5.26. The van der Waals surface area contributed by atoms with Gasteiger partial charge in [0.05, 0.1) is 10.9 Å². The third kappa shape index (κ3) is 4.72. The molecule has 0 radical (unpaired) electrons. The molecule has 1 saturated heterocycles. The summed E-state index contributed by atoms with van der Waals surface area (Å²) in [4.78, 5) is 24.0. The summed E-state index contributed by atoms with van der Waals surface area (Å²) in [7, 11) is -3.75. The van der Waals surface area contributed by atoms with Gasteiger partial charge in [0.15, 0.2) is 0 Å². The van der Waals surface area contributed by atoms with Crippen molar-refractivity contribution in [3.63, 3.8) is 0 Å². The molecule has 1 aliphatic heterocycles. The third-order valence-corrected chi connectivity index (χ3v) is 8.88. The zero-order chi connectivity index (χ0) is 24.4. The number of urea groups is 1. The van der Waals surface area contributed by atoms with Gasteiger partial charge in [-0.05, 0) is 72.7 Å². The summed E-state index contributed by atoms with van der Waals surface area (Å²) in [5, 5.41) is 5.56. The van der Waals surface area contributed by atoms with E-state index in [0.717, 1.165) is 36.7 Å². The molecule has 2 amide bonds. The molecule has 7 nitrogen and oxygen atoms in total. The maximum absolute atomic E-state index is 13.4. The summed E-state index contributed by atoms with van der Waals surface area (Å²) >= 11 is 0. The first kappa shape index (κ1) is 23.3. The normalized spacial score (nSPS) is 21.9. The average molecular weight is 490 g/mol. The number of carbonyl (C=O) groups is 2. The van der Waals surface area contributed by atoms with E-state index in [1.54, 1.807) is 36.4 Å². The van der Waals surface area contributed by atoms with Crippen molar-refractivity contribution in [2.75, 3.05) is 10.6 Å². The summed E-state index contributed by atoms with van der Waals surface area (Å²) < 4.78 is 28.2. The zero-order valence-electron chi connectivity index (χ0n) is 19.1. The van der Waals surface area contributed by atoms with E-state index in [-0.39, 0.29) is 22.9 Å². The lowest BCUT2D eigenvalue weighted by molar-refractivity contribution is -0.110. The van der Waals surface area contributed by atoms with Gasteiger partial charge < -0.3 is 15.4 Å². The lowest BCUT2D eigenvalue weighted by Gasteiger charge is -2.26. The summed E-state index contributed by atoms with van der Waals surface area (Å²) in [6.07, 6.45) is 4.20. The Bertz CT molecular complexity index is 1310. The monoisotopic (exact) mass is 489 g/mol. The van der Waals surface area contributed by atoms with Crippen LogP contribution in [0.3, 0.4) is 0 Å². The molecule has 1 heterocycles. The fourth-order valence-corrected chi connectivity index (χ4v) is 7.11.